The number of nitrogens with one attached hydrogen (secondary N) is 1. The number of aliphatic carboxylic acids is 1. The number of hydrogen-bond donors (Lipinski definition) is 2. The average molecular weight is 305 g/mol. The Balaban J connectivity index is 2.01. The van der Waals surface area contributed by atoms with Crippen molar-refractivity contribution in [1.82, 2.24) is 5.32 Å². The van der Waals surface area contributed by atoms with Gasteiger partial charge in [0.25, 0.3) is 5.91 Å². The van der Waals surface area contributed by atoms with E-state index in [1.54, 1.807) is 24.3 Å². The molecule has 0 bridgehead atoms. The highest BCUT2D eigenvalue weighted by atomic mass is 16.5. The summed E-state index contributed by atoms with van der Waals surface area (Å²) in [5.41, 5.74) is -0.0339. The van der Waals surface area contributed by atoms with Crippen LogP contribution < -0.4 is 5.32 Å². The Morgan fingerprint density at radius 3 is 2.18 bits per heavy atom. The van der Waals surface area contributed by atoms with E-state index in [4.69, 9.17) is 4.74 Å². The van der Waals surface area contributed by atoms with Gasteiger partial charge in [-0.05, 0) is 31.9 Å². The molecule has 1 aromatic carbocycles. The average Bonchev–Trinajstić information content (AvgIpc) is 2.53. The van der Waals surface area contributed by atoms with Crippen molar-refractivity contribution in [2.24, 2.45) is 5.41 Å². The van der Waals surface area contributed by atoms with Gasteiger partial charge in [0.05, 0.1) is 5.41 Å². The number of rotatable bonds is 5. The molecule has 0 unspecified atom stereocenters. The van der Waals surface area contributed by atoms with E-state index in [1.165, 1.54) is 6.92 Å². The molecule has 118 valence electrons. The predicted molar refractivity (Wildman–Crippen MR) is 78.9 cm³/mol. The number of hydrogen-bond acceptors (Lipinski definition) is 4. The molecule has 1 aliphatic heterocycles. The summed E-state index contributed by atoms with van der Waals surface area (Å²) < 4.78 is 5.19. The van der Waals surface area contributed by atoms with E-state index in [2.05, 4.69) is 5.32 Å². The zero-order valence-corrected chi connectivity index (χ0v) is 12.4. The second kappa shape index (κ2) is 6.70. The summed E-state index contributed by atoms with van der Waals surface area (Å²) in [6.07, 6.45) is 0.762. The number of amides is 1. The summed E-state index contributed by atoms with van der Waals surface area (Å²) in [6.45, 7) is 2.29. The topological polar surface area (TPSA) is 92.7 Å². The Morgan fingerprint density at radius 2 is 1.68 bits per heavy atom. The summed E-state index contributed by atoms with van der Waals surface area (Å²) >= 11 is 0. The second-order valence-electron chi connectivity index (χ2n) is 5.51. The van der Waals surface area contributed by atoms with Crippen molar-refractivity contribution >= 4 is 17.7 Å². The second-order valence-corrected chi connectivity index (χ2v) is 5.51. The molecule has 0 spiro atoms. The summed E-state index contributed by atoms with van der Waals surface area (Å²) in [7, 11) is 0. The summed E-state index contributed by atoms with van der Waals surface area (Å²) in [5.74, 6) is -1.33. The first-order chi connectivity index (χ1) is 10.4. The van der Waals surface area contributed by atoms with E-state index in [1.807, 2.05) is 0 Å². The molecule has 1 fully saturated rings. The molecule has 1 aliphatic rings. The zero-order chi connectivity index (χ0) is 16.2. The molecule has 6 nitrogen and oxygen atoms in total. The monoisotopic (exact) mass is 305 g/mol. The maximum absolute atomic E-state index is 12.1. The maximum atomic E-state index is 12.1. The lowest BCUT2D eigenvalue weighted by Crippen LogP contribution is -2.46. The third-order valence-corrected chi connectivity index (χ3v) is 4.04. The largest absolute Gasteiger partial charge is 0.481 e. The van der Waals surface area contributed by atoms with E-state index in [9.17, 15) is 19.5 Å². The van der Waals surface area contributed by atoms with Gasteiger partial charge in [-0.15, -0.1) is 0 Å². The van der Waals surface area contributed by atoms with Crippen LogP contribution >= 0.6 is 0 Å². The molecule has 0 saturated carbocycles. The van der Waals surface area contributed by atoms with Gasteiger partial charge >= 0.3 is 5.97 Å². The van der Waals surface area contributed by atoms with Crippen LogP contribution in [0.2, 0.25) is 0 Å². The molecule has 1 saturated heterocycles. The van der Waals surface area contributed by atoms with Crippen LogP contribution in [0.1, 0.15) is 40.5 Å². The van der Waals surface area contributed by atoms with Gasteiger partial charge in [0.15, 0.2) is 5.78 Å². The SMILES string of the molecule is CC(=O)c1ccc(C(=O)NCC2(C(=O)O)CCOCC2)cc1. The van der Waals surface area contributed by atoms with Crippen LogP contribution in [0.4, 0.5) is 0 Å². The maximum Gasteiger partial charge on any atom is 0.311 e. The lowest BCUT2D eigenvalue weighted by molar-refractivity contribution is -0.154. The molecule has 0 radical (unpaired) electrons. The minimum atomic E-state index is -0.965. The van der Waals surface area contributed by atoms with Crippen LogP contribution in [0.25, 0.3) is 0 Å². The number of carbonyl (C=O) groups excluding carboxylic acids is 2. The van der Waals surface area contributed by atoms with Crippen molar-refractivity contribution in [2.75, 3.05) is 19.8 Å². The number of ether oxygens (including phenoxy) is 1. The van der Waals surface area contributed by atoms with Crippen molar-refractivity contribution in [3.8, 4) is 0 Å². The zero-order valence-electron chi connectivity index (χ0n) is 12.4. The molecule has 1 amide bonds. The Morgan fingerprint density at radius 1 is 1.14 bits per heavy atom. The van der Waals surface area contributed by atoms with Gasteiger partial charge < -0.3 is 15.2 Å². The number of benzene rings is 1. The fourth-order valence-corrected chi connectivity index (χ4v) is 2.44. The van der Waals surface area contributed by atoms with E-state index in [0.29, 0.717) is 37.2 Å². The van der Waals surface area contributed by atoms with Crippen LogP contribution in [0.3, 0.4) is 0 Å². The molecule has 0 aliphatic carbocycles. The van der Waals surface area contributed by atoms with Gasteiger partial charge in [0.2, 0.25) is 0 Å². The highest BCUT2D eigenvalue weighted by molar-refractivity contribution is 5.97. The molecule has 2 rings (SSSR count). The minimum absolute atomic E-state index is 0.0684. The number of carboxylic acids is 1. The van der Waals surface area contributed by atoms with Crippen LogP contribution in [0.5, 0.6) is 0 Å². The third-order valence-electron chi connectivity index (χ3n) is 4.04. The number of carboxylic acid groups (broad SMARTS) is 1. The van der Waals surface area contributed by atoms with Crippen molar-refractivity contribution in [3.63, 3.8) is 0 Å². The lowest BCUT2D eigenvalue weighted by Gasteiger charge is -2.33. The molecular weight excluding hydrogens is 286 g/mol. The first kappa shape index (κ1) is 16.2. The molecule has 6 heteroatoms. The highest BCUT2D eigenvalue weighted by Crippen LogP contribution is 2.30. The fraction of sp³-hybridized carbons (Fsp3) is 0.438. The Labute approximate surface area is 128 Å². The van der Waals surface area contributed by atoms with Gasteiger partial charge in [-0.2, -0.15) is 0 Å². The third kappa shape index (κ3) is 3.51. The van der Waals surface area contributed by atoms with Gasteiger partial charge in [-0.3, -0.25) is 14.4 Å². The Kier molecular flexibility index (Phi) is 4.92. The first-order valence-corrected chi connectivity index (χ1v) is 7.15. The number of carbonyl (C=O) groups is 3. The molecule has 1 heterocycles. The van der Waals surface area contributed by atoms with Crippen molar-refractivity contribution in [1.29, 1.82) is 0 Å². The molecule has 22 heavy (non-hydrogen) atoms. The van der Waals surface area contributed by atoms with Crippen LogP contribution in [0.15, 0.2) is 24.3 Å². The van der Waals surface area contributed by atoms with Crippen molar-refractivity contribution in [2.45, 2.75) is 19.8 Å². The van der Waals surface area contributed by atoms with Crippen molar-refractivity contribution < 1.29 is 24.2 Å². The van der Waals surface area contributed by atoms with Gasteiger partial charge in [0, 0.05) is 30.9 Å². The lowest BCUT2D eigenvalue weighted by atomic mass is 9.80. The summed E-state index contributed by atoms with van der Waals surface area (Å²) in [6, 6.07) is 6.28. The standard InChI is InChI=1S/C16H19NO5/c1-11(18)12-2-4-13(5-3-12)14(19)17-10-16(15(20)21)6-8-22-9-7-16/h2-5H,6-10H2,1H3,(H,17,19)(H,20,21). The number of ketones is 1. The molecule has 2 N–H and O–H groups in total. The quantitative estimate of drug-likeness (QED) is 0.804. The van der Waals surface area contributed by atoms with Gasteiger partial charge in [0.1, 0.15) is 0 Å². The molecular formula is C16H19NO5. The summed E-state index contributed by atoms with van der Waals surface area (Å²) in [4.78, 5) is 34.8. The Hall–Kier alpha value is -2.21. The van der Waals surface area contributed by atoms with E-state index in [0.717, 1.165) is 0 Å². The smallest absolute Gasteiger partial charge is 0.311 e. The van der Waals surface area contributed by atoms with E-state index < -0.39 is 11.4 Å². The van der Waals surface area contributed by atoms with Crippen LogP contribution in [-0.4, -0.2) is 42.5 Å². The molecule has 0 atom stereocenters. The predicted octanol–water partition coefficient (Wildman–Crippen LogP) is 1.50. The first-order valence-electron chi connectivity index (χ1n) is 7.15. The van der Waals surface area contributed by atoms with Gasteiger partial charge in [-0.25, -0.2) is 0 Å². The normalized spacial score (nSPS) is 16.8. The van der Waals surface area contributed by atoms with Gasteiger partial charge in [-0.1, -0.05) is 12.1 Å². The minimum Gasteiger partial charge on any atom is -0.481 e. The van der Waals surface area contributed by atoms with Crippen LogP contribution in [0, 0.1) is 5.41 Å². The van der Waals surface area contributed by atoms with Crippen LogP contribution in [-0.2, 0) is 9.53 Å². The van der Waals surface area contributed by atoms with Crippen molar-refractivity contribution in [3.05, 3.63) is 35.4 Å². The van der Waals surface area contributed by atoms with E-state index >= 15 is 0 Å². The molecule has 1 aromatic rings. The number of Topliss-reactive ketones (excluding diaryl/α,β-unsaturated/α-hetero) is 1. The molecule has 0 aromatic heterocycles. The fourth-order valence-electron chi connectivity index (χ4n) is 2.44. The Bertz CT molecular complexity index is 573. The highest BCUT2D eigenvalue weighted by Gasteiger charge is 2.40. The van der Waals surface area contributed by atoms with E-state index in [-0.39, 0.29) is 18.2 Å². The summed E-state index contributed by atoms with van der Waals surface area (Å²) in [5, 5.41) is 12.1.